The summed E-state index contributed by atoms with van der Waals surface area (Å²) >= 11 is 1.55. The van der Waals surface area contributed by atoms with Crippen molar-refractivity contribution in [1.29, 1.82) is 5.26 Å². The van der Waals surface area contributed by atoms with Crippen LogP contribution in [0.5, 0.6) is 0 Å². The first-order valence-electron chi connectivity index (χ1n) is 6.53. The average molecular weight is 320 g/mol. The molecule has 0 radical (unpaired) electrons. The number of rotatable bonds is 5. The third-order valence-electron chi connectivity index (χ3n) is 3.23. The fourth-order valence-electron chi connectivity index (χ4n) is 2.10. The normalized spacial score (nSPS) is 11.3. The molecule has 0 saturated carbocycles. The van der Waals surface area contributed by atoms with Gasteiger partial charge < -0.3 is 0 Å². The minimum Gasteiger partial charge on any atom is -0.207 e. The topological polar surface area (TPSA) is 70.0 Å². The predicted octanol–water partition coefficient (Wildman–Crippen LogP) is 2.97. The maximum Gasteiger partial charge on any atom is 0.241 e. The number of aryl methyl sites for hydroxylation is 2. The maximum atomic E-state index is 12.4. The third kappa shape index (κ3) is 3.50. The first-order valence-corrected chi connectivity index (χ1v) is 8.90. The van der Waals surface area contributed by atoms with Gasteiger partial charge in [0.15, 0.2) is 0 Å². The Bertz CT molecular complexity index is 786. The minimum absolute atomic E-state index is 0.219. The van der Waals surface area contributed by atoms with Gasteiger partial charge in [0, 0.05) is 11.4 Å². The van der Waals surface area contributed by atoms with E-state index in [0.717, 1.165) is 11.3 Å². The third-order valence-corrected chi connectivity index (χ3v) is 5.76. The molecule has 0 fully saturated rings. The van der Waals surface area contributed by atoms with Gasteiger partial charge in [-0.3, -0.25) is 0 Å². The summed E-state index contributed by atoms with van der Waals surface area (Å²) in [7, 11) is -3.57. The molecule has 1 aromatic carbocycles. The highest BCUT2D eigenvalue weighted by atomic mass is 32.2. The standard InChI is InChI=1S/C15H16N2O2S2/c1-3-13-6-7-20-14(13)10-17-21(18,19)15-5-4-12(9-16)8-11(15)2/h4-8,17H,3,10H2,1-2H3. The molecule has 4 nitrogen and oxygen atoms in total. The van der Waals surface area contributed by atoms with Crippen molar-refractivity contribution in [2.24, 2.45) is 0 Å². The maximum absolute atomic E-state index is 12.4. The molecule has 2 aromatic rings. The van der Waals surface area contributed by atoms with Crippen LogP contribution in [-0.2, 0) is 23.0 Å². The van der Waals surface area contributed by atoms with Gasteiger partial charge in [0.25, 0.3) is 0 Å². The molecule has 0 aliphatic heterocycles. The number of sulfonamides is 1. The van der Waals surface area contributed by atoms with E-state index in [1.807, 2.05) is 24.4 Å². The zero-order valence-corrected chi connectivity index (χ0v) is 13.5. The SMILES string of the molecule is CCc1ccsc1CNS(=O)(=O)c1ccc(C#N)cc1C. The zero-order chi connectivity index (χ0) is 15.5. The number of nitrogens with one attached hydrogen (secondary N) is 1. The molecular weight excluding hydrogens is 304 g/mol. The van der Waals surface area contributed by atoms with Crippen LogP contribution in [0.1, 0.15) is 28.5 Å². The lowest BCUT2D eigenvalue weighted by molar-refractivity contribution is 0.581. The van der Waals surface area contributed by atoms with Gasteiger partial charge in [-0.15, -0.1) is 11.3 Å². The number of nitriles is 1. The molecule has 0 saturated heterocycles. The van der Waals surface area contributed by atoms with E-state index in [4.69, 9.17) is 5.26 Å². The van der Waals surface area contributed by atoms with E-state index in [1.54, 1.807) is 24.3 Å². The Morgan fingerprint density at radius 1 is 1.33 bits per heavy atom. The van der Waals surface area contributed by atoms with Crippen LogP contribution < -0.4 is 4.72 Å². The second kappa shape index (κ2) is 6.39. The van der Waals surface area contributed by atoms with Crippen molar-refractivity contribution >= 4 is 21.4 Å². The molecule has 0 spiro atoms. The molecule has 1 aromatic heterocycles. The Balaban J connectivity index is 2.21. The summed E-state index contributed by atoms with van der Waals surface area (Å²) in [5.74, 6) is 0. The van der Waals surface area contributed by atoms with E-state index in [9.17, 15) is 8.42 Å². The Kier molecular flexibility index (Phi) is 4.78. The van der Waals surface area contributed by atoms with Gasteiger partial charge in [-0.25, -0.2) is 13.1 Å². The van der Waals surface area contributed by atoms with Crippen LogP contribution in [-0.4, -0.2) is 8.42 Å². The number of hydrogen-bond acceptors (Lipinski definition) is 4. The summed E-state index contributed by atoms with van der Waals surface area (Å²) in [6.07, 6.45) is 0.885. The largest absolute Gasteiger partial charge is 0.241 e. The first kappa shape index (κ1) is 15.7. The van der Waals surface area contributed by atoms with Gasteiger partial charge in [-0.1, -0.05) is 6.92 Å². The van der Waals surface area contributed by atoms with Crippen LogP contribution in [0.2, 0.25) is 0 Å². The smallest absolute Gasteiger partial charge is 0.207 e. The zero-order valence-electron chi connectivity index (χ0n) is 11.9. The number of hydrogen-bond donors (Lipinski definition) is 1. The average Bonchev–Trinajstić information content (AvgIpc) is 2.92. The van der Waals surface area contributed by atoms with Crippen molar-refractivity contribution in [3.63, 3.8) is 0 Å². The molecule has 110 valence electrons. The lowest BCUT2D eigenvalue weighted by Crippen LogP contribution is -2.24. The van der Waals surface area contributed by atoms with Crippen molar-refractivity contribution in [2.75, 3.05) is 0 Å². The molecule has 21 heavy (non-hydrogen) atoms. The molecule has 0 aliphatic carbocycles. The van der Waals surface area contributed by atoms with Crippen LogP contribution in [0.15, 0.2) is 34.5 Å². The van der Waals surface area contributed by atoms with Crippen molar-refractivity contribution in [2.45, 2.75) is 31.7 Å². The van der Waals surface area contributed by atoms with Gasteiger partial charge >= 0.3 is 0 Å². The van der Waals surface area contributed by atoms with E-state index < -0.39 is 10.0 Å². The van der Waals surface area contributed by atoms with E-state index in [1.165, 1.54) is 17.7 Å². The van der Waals surface area contributed by atoms with E-state index in [2.05, 4.69) is 4.72 Å². The predicted molar refractivity (Wildman–Crippen MR) is 83.6 cm³/mol. The quantitative estimate of drug-likeness (QED) is 0.920. The van der Waals surface area contributed by atoms with Crippen LogP contribution in [0.25, 0.3) is 0 Å². The molecule has 0 bridgehead atoms. The van der Waals surface area contributed by atoms with Crippen molar-refractivity contribution < 1.29 is 8.42 Å². The van der Waals surface area contributed by atoms with Gasteiger partial charge in [0.2, 0.25) is 10.0 Å². The monoisotopic (exact) mass is 320 g/mol. The molecule has 0 amide bonds. The van der Waals surface area contributed by atoms with Crippen LogP contribution >= 0.6 is 11.3 Å². The van der Waals surface area contributed by atoms with Crippen LogP contribution in [0, 0.1) is 18.3 Å². The Morgan fingerprint density at radius 2 is 2.10 bits per heavy atom. The lowest BCUT2D eigenvalue weighted by Gasteiger charge is -2.09. The van der Waals surface area contributed by atoms with E-state index >= 15 is 0 Å². The van der Waals surface area contributed by atoms with Gasteiger partial charge in [0.05, 0.1) is 16.5 Å². The summed E-state index contributed by atoms with van der Waals surface area (Å²) in [6, 6.07) is 8.59. The molecule has 1 N–H and O–H groups in total. The molecule has 1 heterocycles. The summed E-state index contributed by atoms with van der Waals surface area (Å²) in [5, 5.41) is 10.8. The molecule has 6 heteroatoms. The minimum atomic E-state index is -3.57. The lowest BCUT2D eigenvalue weighted by atomic mass is 10.2. The summed E-state index contributed by atoms with van der Waals surface area (Å²) in [4.78, 5) is 1.25. The number of nitrogens with zero attached hydrogens (tertiary/aromatic N) is 1. The molecule has 0 atom stereocenters. The fourth-order valence-corrected chi connectivity index (χ4v) is 4.32. The second-order valence-corrected chi connectivity index (χ2v) is 7.38. The van der Waals surface area contributed by atoms with Gasteiger partial charge in [-0.05, 0) is 54.1 Å². The van der Waals surface area contributed by atoms with E-state index in [-0.39, 0.29) is 4.90 Å². The molecule has 0 aliphatic rings. The molecule has 0 unspecified atom stereocenters. The highest BCUT2D eigenvalue weighted by molar-refractivity contribution is 7.89. The summed E-state index contributed by atoms with van der Waals surface area (Å²) < 4.78 is 27.3. The second-order valence-electron chi connectivity index (χ2n) is 4.64. The van der Waals surface area contributed by atoms with Crippen LogP contribution in [0.4, 0.5) is 0 Å². The Hall–Kier alpha value is -1.68. The van der Waals surface area contributed by atoms with E-state index in [0.29, 0.717) is 17.7 Å². The first-order chi connectivity index (χ1) is 9.97. The number of thiophene rings is 1. The van der Waals surface area contributed by atoms with Crippen molar-refractivity contribution in [3.8, 4) is 6.07 Å². The highest BCUT2D eigenvalue weighted by Gasteiger charge is 2.17. The van der Waals surface area contributed by atoms with Crippen molar-refractivity contribution in [1.82, 2.24) is 4.72 Å². The van der Waals surface area contributed by atoms with Crippen LogP contribution in [0.3, 0.4) is 0 Å². The molecular formula is C15H16N2O2S2. The fraction of sp³-hybridized carbons (Fsp3) is 0.267. The molecule has 2 rings (SSSR count). The Morgan fingerprint density at radius 3 is 2.71 bits per heavy atom. The Labute approximate surface area is 129 Å². The van der Waals surface area contributed by atoms with Crippen molar-refractivity contribution in [3.05, 3.63) is 51.2 Å². The number of benzene rings is 1. The highest BCUT2D eigenvalue weighted by Crippen LogP contribution is 2.20. The van der Waals surface area contributed by atoms with Gasteiger partial charge in [0.1, 0.15) is 0 Å². The summed E-state index contributed by atoms with van der Waals surface area (Å²) in [6.45, 7) is 4.03. The summed E-state index contributed by atoms with van der Waals surface area (Å²) in [5.41, 5.74) is 2.20. The van der Waals surface area contributed by atoms with Gasteiger partial charge in [-0.2, -0.15) is 5.26 Å².